The molecule has 0 saturated carbocycles. The quantitative estimate of drug-likeness (QED) is 0.296. The normalized spacial score (nSPS) is 10.5. The number of hydrogen-bond acceptors (Lipinski definition) is 4. The molecule has 0 bridgehead atoms. The number of benzene rings is 1. The Hall–Kier alpha value is -2.92. The van der Waals surface area contributed by atoms with Crippen LogP contribution in [0.3, 0.4) is 0 Å². The lowest BCUT2D eigenvalue weighted by molar-refractivity contribution is 0.889. The molecule has 0 amide bonds. The van der Waals surface area contributed by atoms with Gasteiger partial charge in [0.2, 0.25) is 0 Å². The molecule has 0 unspecified atom stereocenters. The van der Waals surface area contributed by atoms with Crippen molar-refractivity contribution in [2.45, 2.75) is 20.0 Å². The summed E-state index contributed by atoms with van der Waals surface area (Å²) in [5.41, 5.74) is 13.4. The average Bonchev–Trinajstić information content (AvgIpc) is 2.50. The number of nitrogens with two attached hydrogens (primary N) is 1. The molecule has 0 spiro atoms. The van der Waals surface area contributed by atoms with Gasteiger partial charge in [0.25, 0.3) is 0 Å². The predicted octanol–water partition coefficient (Wildman–Crippen LogP) is 3.69. The Balaban J connectivity index is 2.45. The first-order valence-corrected chi connectivity index (χ1v) is 6.35. The lowest BCUT2D eigenvalue weighted by Gasteiger charge is -2.08. The highest BCUT2D eigenvalue weighted by atomic mass is 15.3. The van der Waals surface area contributed by atoms with Gasteiger partial charge in [-0.05, 0) is 46.8 Å². The number of rotatable bonds is 5. The van der Waals surface area contributed by atoms with Crippen molar-refractivity contribution in [1.29, 1.82) is 0 Å². The minimum Gasteiger partial charge on any atom is -0.305 e. The summed E-state index contributed by atoms with van der Waals surface area (Å²) >= 11 is 0. The largest absolute Gasteiger partial charge is 0.305 e. The average molecular weight is 281 g/mol. The molecule has 1 heterocycles. The van der Waals surface area contributed by atoms with Crippen LogP contribution in [-0.4, -0.2) is 4.98 Å². The van der Waals surface area contributed by atoms with E-state index in [-0.39, 0.29) is 6.54 Å². The van der Waals surface area contributed by atoms with E-state index in [0.717, 1.165) is 27.8 Å². The second-order valence-electron chi connectivity index (χ2n) is 4.59. The van der Waals surface area contributed by atoms with Crippen LogP contribution in [0.15, 0.2) is 52.1 Å². The fraction of sp³-hybridized carbons (Fsp3) is 0.214. The summed E-state index contributed by atoms with van der Waals surface area (Å²) in [7, 11) is 0. The topological polar surface area (TPSA) is 112 Å². The third-order valence-electron chi connectivity index (χ3n) is 2.91. The highest BCUT2D eigenvalue weighted by Crippen LogP contribution is 2.23. The van der Waals surface area contributed by atoms with Crippen LogP contribution in [-0.2, 0) is 13.1 Å². The Bertz CT molecular complexity index is 702. The zero-order valence-electron chi connectivity index (χ0n) is 11.6. The number of aromatic nitrogens is 1. The standard InChI is InChI=1S/C14H15N7/c1-10-2-14(9-17-6-10)13-4-11(7-18-20-15)3-12(5-13)8-19-21-16/h2-6,9H,7-8H2,1H3,(H2,15,18). The second kappa shape index (κ2) is 7.02. The number of pyridine rings is 1. The Kier molecular flexibility index (Phi) is 4.84. The smallest absolute Gasteiger partial charge is 0.0870 e. The van der Waals surface area contributed by atoms with Gasteiger partial charge in [0.1, 0.15) is 0 Å². The van der Waals surface area contributed by atoms with Crippen LogP contribution in [0.5, 0.6) is 0 Å². The zero-order chi connectivity index (χ0) is 15.1. The van der Waals surface area contributed by atoms with Crippen LogP contribution in [0, 0.1) is 6.92 Å². The van der Waals surface area contributed by atoms with Crippen molar-refractivity contribution in [1.82, 2.24) is 4.98 Å². The van der Waals surface area contributed by atoms with Gasteiger partial charge in [0.15, 0.2) is 0 Å². The van der Waals surface area contributed by atoms with E-state index >= 15 is 0 Å². The molecule has 106 valence electrons. The van der Waals surface area contributed by atoms with Crippen LogP contribution in [0.25, 0.3) is 21.6 Å². The molecule has 2 rings (SSSR count). The van der Waals surface area contributed by atoms with Gasteiger partial charge in [-0.25, -0.2) is 0 Å². The van der Waals surface area contributed by atoms with Crippen molar-refractivity contribution in [2.24, 2.45) is 21.3 Å². The third kappa shape index (κ3) is 4.02. The first kappa shape index (κ1) is 14.5. The van der Waals surface area contributed by atoms with Crippen LogP contribution < -0.4 is 5.84 Å². The molecule has 21 heavy (non-hydrogen) atoms. The van der Waals surface area contributed by atoms with Gasteiger partial charge in [-0.15, -0.1) is 0 Å². The highest BCUT2D eigenvalue weighted by molar-refractivity contribution is 5.65. The zero-order valence-corrected chi connectivity index (χ0v) is 11.6. The summed E-state index contributed by atoms with van der Waals surface area (Å²) in [6, 6.07) is 7.96. The molecule has 0 atom stereocenters. The van der Waals surface area contributed by atoms with Crippen LogP contribution in [0.4, 0.5) is 0 Å². The molecule has 7 heteroatoms. The molecular weight excluding hydrogens is 266 g/mol. The third-order valence-corrected chi connectivity index (χ3v) is 2.91. The minimum absolute atomic E-state index is 0.288. The van der Waals surface area contributed by atoms with Crippen molar-refractivity contribution in [2.75, 3.05) is 0 Å². The van der Waals surface area contributed by atoms with Crippen LogP contribution >= 0.6 is 0 Å². The van der Waals surface area contributed by atoms with Crippen molar-refractivity contribution in [3.8, 4) is 11.1 Å². The van der Waals surface area contributed by atoms with Gasteiger partial charge in [-0.1, -0.05) is 22.5 Å². The number of nitrogens with zero attached hydrogens (tertiary/aromatic N) is 6. The number of aryl methyl sites for hydroxylation is 1. The summed E-state index contributed by atoms with van der Waals surface area (Å²) in [4.78, 5) is 6.99. The molecular formula is C14H15N7. The van der Waals surface area contributed by atoms with E-state index in [4.69, 9.17) is 11.4 Å². The minimum atomic E-state index is 0.288. The molecule has 0 aliphatic heterocycles. The highest BCUT2D eigenvalue weighted by Gasteiger charge is 2.04. The summed E-state index contributed by atoms with van der Waals surface area (Å²) in [5, 5.41) is 10.7. The lowest BCUT2D eigenvalue weighted by atomic mass is 10.00. The first-order chi connectivity index (χ1) is 10.2. The fourth-order valence-electron chi connectivity index (χ4n) is 2.06. The van der Waals surface area contributed by atoms with Crippen molar-refractivity contribution >= 4 is 0 Å². The van der Waals surface area contributed by atoms with E-state index in [0.29, 0.717) is 6.54 Å². The second-order valence-corrected chi connectivity index (χ2v) is 4.59. The molecule has 1 aromatic carbocycles. The molecule has 0 aliphatic rings. The molecule has 2 aromatic rings. The maximum atomic E-state index is 8.46. The SMILES string of the molecule is Cc1cncc(-c2cc(CN=NN)cc(CN=[N+]=[N-])c2)c1. The molecule has 0 saturated heterocycles. The maximum Gasteiger partial charge on any atom is 0.0870 e. The van der Waals surface area contributed by atoms with Gasteiger partial charge in [0.05, 0.1) is 13.1 Å². The fourth-order valence-corrected chi connectivity index (χ4v) is 2.06. The van der Waals surface area contributed by atoms with Gasteiger partial charge in [-0.2, -0.15) is 5.11 Å². The maximum absolute atomic E-state index is 8.46. The van der Waals surface area contributed by atoms with Crippen molar-refractivity contribution < 1.29 is 0 Å². The van der Waals surface area contributed by atoms with Gasteiger partial charge < -0.3 is 5.84 Å². The first-order valence-electron chi connectivity index (χ1n) is 6.35. The summed E-state index contributed by atoms with van der Waals surface area (Å²) in [5.74, 6) is 5.05. The molecule has 0 aliphatic carbocycles. The summed E-state index contributed by atoms with van der Waals surface area (Å²) in [6.07, 6.45) is 3.60. The summed E-state index contributed by atoms with van der Waals surface area (Å²) in [6.45, 7) is 2.66. The van der Waals surface area contributed by atoms with Gasteiger partial charge in [-0.3, -0.25) is 4.98 Å². The predicted molar refractivity (Wildman–Crippen MR) is 80.0 cm³/mol. The Morgan fingerprint density at radius 3 is 2.52 bits per heavy atom. The van der Waals surface area contributed by atoms with E-state index in [1.165, 1.54) is 0 Å². The molecule has 0 radical (unpaired) electrons. The van der Waals surface area contributed by atoms with Gasteiger partial charge in [0, 0.05) is 22.9 Å². The van der Waals surface area contributed by atoms with Crippen LogP contribution in [0.1, 0.15) is 16.7 Å². The monoisotopic (exact) mass is 281 g/mol. The van der Waals surface area contributed by atoms with E-state index in [1.54, 1.807) is 12.4 Å². The van der Waals surface area contributed by atoms with Crippen LogP contribution in [0.2, 0.25) is 0 Å². The van der Waals surface area contributed by atoms with Crippen molar-refractivity contribution in [3.05, 3.63) is 63.8 Å². The molecule has 2 N–H and O–H groups in total. The molecule has 0 fully saturated rings. The molecule has 7 nitrogen and oxygen atoms in total. The Morgan fingerprint density at radius 1 is 1.10 bits per heavy atom. The Labute approximate surface area is 122 Å². The van der Waals surface area contributed by atoms with E-state index in [2.05, 4.69) is 25.3 Å². The van der Waals surface area contributed by atoms with E-state index < -0.39 is 0 Å². The van der Waals surface area contributed by atoms with Gasteiger partial charge >= 0.3 is 0 Å². The van der Waals surface area contributed by atoms with E-state index in [1.807, 2.05) is 31.2 Å². The number of azide groups is 1. The van der Waals surface area contributed by atoms with Crippen molar-refractivity contribution in [3.63, 3.8) is 0 Å². The summed E-state index contributed by atoms with van der Waals surface area (Å²) < 4.78 is 0. The lowest BCUT2D eigenvalue weighted by Crippen LogP contribution is -1.91. The Morgan fingerprint density at radius 2 is 1.86 bits per heavy atom. The van der Waals surface area contributed by atoms with E-state index in [9.17, 15) is 0 Å². The number of hydrogen-bond donors (Lipinski definition) is 1. The molecule has 1 aromatic heterocycles.